The van der Waals surface area contributed by atoms with E-state index in [-0.39, 0.29) is 11.6 Å². The minimum Gasteiger partial charge on any atom is -0.454 e. The molecule has 0 radical (unpaired) electrons. The molecule has 25 heavy (non-hydrogen) atoms. The summed E-state index contributed by atoms with van der Waals surface area (Å²) in [4.78, 5) is 14.5. The molecule has 2 N–H and O–H groups in total. The van der Waals surface area contributed by atoms with Crippen LogP contribution in [0.15, 0.2) is 29.5 Å². The second-order valence-corrected chi connectivity index (χ2v) is 7.90. The minimum absolute atomic E-state index is 0.225. The Hall–Kier alpha value is -2.43. The van der Waals surface area contributed by atoms with Gasteiger partial charge in [-0.15, -0.1) is 11.3 Å². The van der Waals surface area contributed by atoms with Crippen LogP contribution in [0.25, 0.3) is 15.3 Å². The molecule has 4 heterocycles. The lowest BCUT2D eigenvalue weighted by Crippen LogP contribution is -2.59. The molecule has 2 aliphatic rings. The molecule has 1 saturated heterocycles. The zero-order chi connectivity index (χ0) is 17.7. The fourth-order valence-electron chi connectivity index (χ4n) is 3.60. The SMILES string of the molecule is [C-]#[N+]c1cncc(-c2cc(C)c(C3(C)CC4(COC4)OC(N)=N3)s2)c1. The summed E-state index contributed by atoms with van der Waals surface area (Å²) in [6, 6.07) is 4.21. The van der Waals surface area contributed by atoms with Crippen LogP contribution in [0.4, 0.5) is 5.69 Å². The van der Waals surface area contributed by atoms with Crippen molar-refractivity contribution >= 4 is 23.0 Å². The van der Waals surface area contributed by atoms with Crippen molar-refractivity contribution in [1.29, 1.82) is 0 Å². The summed E-state index contributed by atoms with van der Waals surface area (Å²) < 4.78 is 11.1. The number of aliphatic imine (C=N–C) groups is 1. The molecular formula is C18H18N4O2S. The number of pyridine rings is 1. The highest BCUT2D eigenvalue weighted by Crippen LogP contribution is 2.47. The Labute approximate surface area is 150 Å². The molecule has 0 saturated carbocycles. The molecule has 0 bridgehead atoms. The van der Waals surface area contributed by atoms with E-state index in [1.165, 1.54) is 0 Å². The van der Waals surface area contributed by atoms with Gasteiger partial charge in [-0.25, -0.2) is 9.84 Å². The van der Waals surface area contributed by atoms with Crippen LogP contribution in [0.3, 0.4) is 0 Å². The maximum absolute atomic E-state index is 7.17. The number of ether oxygens (including phenoxy) is 2. The van der Waals surface area contributed by atoms with Crippen LogP contribution >= 0.6 is 11.3 Å². The summed E-state index contributed by atoms with van der Waals surface area (Å²) >= 11 is 1.67. The summed E-state index contributed by atoms with van der Waals surface area (Å²) in [7, 11) is 0. The zero-order valence-corrected chi connectivity index (χ0v) is 14.9. The van der Waals surface area contributed by atoms with E-state index in [9.17, 15) is 0 Å². The molecule has 2 aromatic heterocycles. The van der Waals surface area contributed by atoms with Crippen LogP contribution in [0.1, 0.15) is 23.8 Å². The number of hydrogen-bond acceptors (Lipinski definition) is 6. The van der Waals surface area contributed by atoms with Crippen LogP contribution in [-0.4, -0.2) is 29.8 Å². The van der Waals surface area contributed by atoms with Gasteiger partial charge in [0.05, 0.1) is 19.8 Å². The second kappa shape index (κ2) is 5.55. The monoisotopic (exact) mass is 354 g/mol. The van der Waals surface area contributed by atoms with Gasteiger partial charge in [0.15, 0.2) is 5.60 Å². The van der Waals surface area contributed by atoms with E-state index in [0.29, 0.717) is 18.9 Å². The molecule has 0 aliphatic carbocycles. The maximum Gasteiger partial charge on any atom is 0.283 e. The van der Waals surface area contributed by atoms with Gasteiger partial charge in [-0.3, -0.25) is 4.98 Å². The lowest BCUT2D eigenvalue weighted by molar-refractivity contribution is -0.186. The quantitative estimate of drug-likeness (QED) is 0.839. The van der Waals surface area contributed by atoms with E-state index in [4.69, 9.17) is 21.8 Å². The summed E-state index contributed by atoms with van der Waals surface area (Å²) in [5.41, 5.74) is 7.81. The molecule has 128 valence electrons. The van der Waals surface area contributed by atoms with Gasteiger partial charge in [0.25, 0.3) is 6.02 Å². The number of aryl methyl sites for hydroxylation is 1. The number of hydrogen-bond donors (Lipinski definition) is 1. The van der Waals surface area contributed by atoms with Gasteiger partial charge in [0, 0.05) is 28.6 Å². The largest absolute Gasteiger partial charge is 0.454 e. The highest BCUT2D eigenvalue weighted by molar-refractivity contribution is 7.15. The predicted octanol–water partition coefficient (Wildman–Crippen LogP) is 3.39. The van der Waals surface area contributed by atoms with Gasteiger partial charge in [-0.05, 0) is 37.1 Å². The van der Waals surface area contributed by atoms with Crippen molar-refractivity contribution in [1.82, 2.24) is 4.98 Å². The van der Waals surface area contributed by atoms with Crippen LogP contribution in [0, 0.1) is 13.5 Å². The standard InChI is InChI=1S/C18H18N4O2S/c1-11-4-14(12-5-13(20-3)7-21-6-12)25-15(11)17(2)8-18(9-23-10-18)24-16(19)22-17/h4-7H,8-10H2,1-2H3,(H2,19,22). The number of nitrogens with two attached hydrogens (primary N) is 1. The number of amidine groups is 1. The Morgan fingerprint density at radius 3 is 2.80 bits per heavy atom. The van der Waals surface area contributed by atoms with Crippen LogP contribution in [0.5, 0.6) is 0 Å². The molecule has 2 aromatic rings. The average molecular weight is 354 g/mol. The average Bonchev–Trinajstić information content (AvgIpc) is 2.95. The molecule has 1 spiro atoms. The number of thiophene rings is 1. The molecule has 4 rings (SSSR count). The third kappa shape index (κ3) is 2.68. The fourth-order valence-corrected chi connectivity index (χ4v) is 4.84. The Morgan fingerprint density at radius 1 is 1.32 bits per heavy atom. The molecule has 1 unspecified atom stereocenters. The smallest absolute Gasteiger partial charge is 0.283 e. The normalized spacial score (nSPS) is 24.1. The predicted molar refractivity (Wildman–Crippen MR) is 96.8 cm³/mol. The second-order valence-electron chi connectivity index (χ2n) is 6.84. The minimum atomic E-state index is -0.441. The highest BCUT2D eigenvalue weighted by Gasteiger charge is 2.51. The molecule has 2 aliphatic heterocycles. The first-order valence-electron chi connectivity index (χ1n) is 7.99. The van der Waals surface area contributed by atoms with Crippen molar-refractivity contribution in [3.05, 3.63) is 46.4 Å². The Kier molecular flexibility index (Phi) is 3.56. The van der Waals surface area contributed by atoms with Crippen molar-refractivity contribution in [2.45, 2.75) is 31.4 Å². The third-order valence-corrected chi connectivity index (χ3v) is 6.16. The van der Waals surface area contributed by atoms with Crippen molar-refractivity contribution in [2.75, 3.05) is 13.2 Å². The first kappa shape index (κ1) is 16.1. The summed E-state index contributed by atoms with van der Waals surface area (Å²) in [5, 5.41) is 0. The highest BCUT2D eigenvalue weighted by atomic mass is 32.1. The van der Waals surface area contributed by atoms with E-state index in [0.717, 1.165) is 27.3 Å². The van der Waals surface area contributed by atoms with Crippen molar-refractivity contribution in [3.8, 4) is 10.4 Å². The van der Waals surface area contributed by atoms with Crippen LogP contribution in [-0.2, 0) is 15.0 Å². The molecule has 0 amide bonds. The Bertz CT molecular complexity index is 910. The molecule has 6 nitrogen and oxygen atoms in total. The van der Waals surface area contributed by atoms with Gasteiger partial charge in [0.2, 0.25) is 5.69 Å². The lowest BCUT2D eigenvalue weighted by atomic mass is 9.81. The van der Waals surface area contributed by atoms with E-state index in [1.807, 2.05) is 6.07 Å². The molecule has 7 heteroatoms. The van der Waals surface area contributed by atoms with Crippen molar-refractivity contribution in [2.24, 2.45) is 10.7 Å². The van der Waals surface area contributed by atoms with Crippen molar-refractivity contribution < 1.29 is 9.47 Å². The molecule has 1 atom stereocenters. The number of nitrogens with zero attached hydrogens (tertiary/aromatic N) is 3. The Morgan fingerprint density at radius 2 is 2.12 bits per heavy atom. The van der Waals surface area contributed by atoms with E-state index >= 15 is 0 Å². The molecule has 1 fully saturated rings. The van der Waals surface area contributed by atoms with Gasteiger partial charge in [0.1, 0.15) is 5.54 Å². The fraction of sp³-hybridized carbons (Fsp3) is 0.389. The van der Waals surface area contributed by atoms with Gasteiger partial charge >= 0.3 is 0 Å². The summed E-state index contributed by atoms with van der Waals surface area (Å²) in [5.74, 6) is 0. The van der Waals surface area contributed by atoms with Gasteiger partial charge < -0.3 is 15.2 Å². The maximum atomic E-state index is 7.17. The van der Waals surface area contributed by atoms with Crippen molar-refractivity contribution in [3.63, 3.8) is 0 Å². The summed E-state index contributed by atoms with van der Waals surface area (Å²) in [6.07, 6.45) is 4.10. The number of aromatic nitrogens is 1. The van der Waals surface area contributed by atoms with Gasteiger partial charge in [-0.1, -0.05) is 0 Å². The first-order valence-corrected chi connectivity index (χ1v) is 8.81. The first-order chi connectivity index (χ1) is 11.9. The topological polar surface area (TPSA) is 74.1 Å². The van der Waals surface area contributed by atoms with Crippen LogP contribution in [0.2, 0.25) is 0 Å². The van der Waals surface area contributed by atoms with Crippen LogP contribution < -0.4 is 5.73 Å². The summed E-state index contributed by atoms with van der Waals surface area (Å²) in [6.45, 7) is 12.4. The van der Waals surface area contributed by atoms with E-state index in [2.05, 4.69) is 34.7 Å². The zero-order valence-electron chi connectivity index (χ0n) is 14.1. The Balaban J connectivity index is 1.75. The number of rotatable bonds is 2. The van der Waals surface area contributed by atoms with E-state index < -0.39 is 5.54 Å². The molecule has 0 aromatic carbocycles. The van der Waals surface area contributed by atoms with Gasteiger partial charge in [-0.2, -0.15) is 0 Å². The van der Waals surface area contributed by atoms with E-state index in [1.54, 1.807) is 23.7 Å². The third-order valence-electron chi connectivity index (χ3n) is 4.62. The molecular weight excluding hydrogens is 336 g/mol. The lowest BCUT2D eigenvalue weighted by Gasteiger charge is -2.47.